The zero-order valence-electron chi connectivity index (χ0n) is 14.9. The van der Waals surface area contributed by atoms with Gasteiger partial charge in [-0.25, -0.2) is 9.67 Å². The molecule has 4 aromatic rings. The number of aromatic amines is 1. The van der Waals surface area contributed by atoms with Crippen molar-refractivity contribution in [3.05, 3.63) is 76.0 Å². The van der Waals surface area contributed by atoms with Crippen molar-refractivity contribution < 1.29 is 4.74 Å². The van der Waals surface area contributed by atoms with Crippen LogP contribution in [0.25, 0.3) is 22.2 Å². The van der Waals surface area contributed by atoms with Gasteiger partial charge in [0.25, 0.3) is 0 Å². The van der Waals surface area contributed by atoms with Gasteiger partial charge in [-0.3, -0.25) is 4.79 Å². The lowest BCUT2D eigenvalue weighted by Crippen LogP contribution is -2.14. The van der Waals surface area contributed by atoms with E-state index >= 15 is 0 Å². The summed E-state index contributed by atoms with van der Waals surface area (Å²) in [6.45, 7) is 0.637. The number of hydrogen-bond acceptors (Lipinski definition) is 4. The number of fused-ring (bicyclic) bond motifs is 5. The monoisotopic (exact) mass is 358 g/mol. The van der Waals surface area contributed by atoms with Gasteiger partial charge >= 0.3 is 0 Å². The molecule has 6 nitrogen and oxygen atoms in total. The van der Waals surface area contributed by atoms with E-state index in [2.05, 4.69) is 15.1 Å². The first-order valence-corrected chi connectivity index (χ1v) is 8.92. The number of nitrogens with zero attached hydrogens (tertiary/aromatic N) is 3. The Balaban J connectivity index is 1.61. The number of H-pyrrole nitrogens is 1. The summed E-state index contributed by atoms with van der Waals surface area (Å²) >= 11 is 0. The minimum atomic E-state index is -0.0577. The highest BCUT2D eigenvalue weighted by molar-refractivity contribution is 5.95. The highest BCUT2D eigenvalue weighted by atomic mass is 16.5. The zero-order valence-corrected chi connectivity index (χ0v) is 14.9. The Morgan fingerprint density at radius 1 is 1.11 bits per heavy atom. The fraction of sp³-hybridized carbons (Fsp3) is 0.190. The molecule has 1 aromatic carbocycles. The smallest absolute Gasteiger partial charge is 0.248 e. The fourth-order valence-electron chi connectivity index (χ4n) is 3.80. The van der Waals surface area contributed by atoms with Gasteiger partial charge in [-0.1, -0.05) is 12.1 Å². The standard InChI is InChI=1S/C21H18N4O2/c1-27-15-5-2-13(3-6-15)12-25-21-17(11-23-25)20-14(10-22-21)4-8-18-16(20)7-9-19(26)24-18/h2-3,5-7,9-11H,4,8,12H2,1H3,(H,24,26). The third kappa shape index (κ3) is 2.61. The van der Waals surface area contributed by atoms with Crippen LogP contribution < -0.4 is 10.3 Å². The van der Waals surface area contributed by atoms with Crippen LogP contribution in [0.3, 0.4) is 0 Å². The summed E-state index contributed by atoms with van der Waals surface area (Å²) in [5.41, 5.74) is 6.33. The van der Waals surface area contributed by atoms with Gasteiger partial charge in [-0.05, 0) is 42.2 Å². The summed E-state index contributed by atoms with van der Waals surface area (Å²) < 4.78 is 7.13. The third-order valence-electron chi connectivity index (χ3n) is 5.15. The molecule has 0 saturated heterocycles. The minimum absolute atomic E-state index is 0.0577. The van der Waals surface area contributed by atoms with Crippen LogP contribution in [0.4, 0.5) is 0 Å². The van der Waals surface area contributed by atoms with E-state index in [1.165, 1.54) is 5.56 Å². The summed E-state index contributed by atoms with van der Waals surface area (Å²) in [5.74, 6) is 0.835. The molecule has 0 amide bonds. The number of ether oxygens (including phenoxy) is 1. The lowest BCUT2D eigenvalue weighted by Gasteiger charge is -2.19. The first kappa shape index (κ1) is 15.8. The Morgan fingerprint density at radius 3 is 2.78 bits per heavy atom. The number of pyridine rings is 2. The maximum atomic E-state index is 11.7. The average Bonchev–Trinajstić information content (AvgIpc) is 3.11. The fourth-order valence-corrected chi connectivity index (χ4v) is 3.80. The summed E-state index contributed by atoms with van der Waals surface area (Å²) in [7, 11) is 1.66. The van der Waals surface area contributed by atoms with Crippen molar-refractivity contribution in [3.63, 3.8) is 0 Å². The van der Waals surface area contributed by atoms with Gasteiger partial charge in [0.05, 0.1) is 19.9 Å². The molecule has 1 aliphatic rings. The Bertz CT molecular complexity index is 1210. The predicted octanol–water partition coefficient (Wildman–Crippen LogP) is 2.94. The molecule has 1 aliphatic carbocycles. The molecule has 3 heterocycles. The zero-order chi connectivity index (χ0) is 18.4. The summed E-state index contributed by atoms with van der Waals surface area (Å²) in [4.78, 5) is 19.3. The van der Waals surface area contributed by atoms with Gasteiger partial charge in [-0.15, -0.1) is 0 Å². The molecule has 0 bridgehead atoms. The van der Waals surface area contributed by atoms with Crippen molar-refractivity contribution >= 4 is 11.0 Å². The number of aryl methyl sites for hydroxylation is 2. The topological polar surface area (TPSA) is 72.8 Å². The van der Waals surface area contributed by atoms with Crippen molar-refractivity contribution in [2.45, 2.75) is 19.4 Å². The van der Waals surface area contributed by atoms with Crippen LogP contribution in [0.15, 0.2) is 53.6 Å². The second-order valence-electron chi connectivity index (χ2n) is 6.76. The minimum Gasteiger partial charge on any atom is -0.497 e. The van der Waals surface area contributed by atoms with Gasteiger partial charge in [-0.2, -0.15) is 5.10 Å². The van der Waals surface area contributed by atoms with Crippen molar-refractivity contribution in [3.8, 4) is 16.9 Å². The Morgan fingerprint density at radius 2 is 1.96 bits per heavy atom. The first-order chi connectivity index (χ1) is 13.2. The molecule has 0 fully saturated rings. The van der Waals surface area contributed by atoms with E-state index in [-0.39, 0.29) is 5.56 Å². The van der Waals surface area contributed by atoms with E-state index in [0.29, 0.717) is 6.54 Å². The normalized spacial score (nSPS) is 12.6. The molecule has 5 rings (SSSR count). The number of hydrogen-bond donors (Lipinski definition) is 1. The van der Waals surface area contributed by atoms with Crippen LogP contribution in [0.1, 0.15) is 16.8 Å². The number of methoxy groups -OCH3 is 1. The molecule has 134 valence electrons. The molecule has 6 heteroatoms. The SMILES string of the molecule is COc1ccc(Cn2ncc3c4c(cnc32)CCc2[nH]c(=O)ccc2-4)cc1. The molecule has 0 saturated carbocycles. The second-order valence-corrected chi connectivity index (χ2v) is 6.76. The van der Waals surface area contributed by atoms with Crippen LogP contribution in [-0.4, -0.2) is 26.9 Å². The second kappa shape index (κ2) is 6.09. The summed E-state index contributed by atoms with van der Waals surface area (Å²) in [6.07, 6.45) is 5.52. The molecule has 3 aromatic heterocycles. The molecule has 1 N–H and O–H groups in total. The summed E-state index contributed by atoms with van der Waals surface area (Å²) in [5, 5.41) is 5.60. The third-order valence-corrected chi connectivity index (χ3v) is 5.15. The number of aromatic nitrogens is 4. The van der Waals surface area contributed by atoms with Crippen molar-refractivity contribution in [2.75, 3.05) is 7.11 Å². The van der Waals surface area contributed by atoms with Gasteiger partial charge in [0.2, 0.25) is 5.56 Å². The largest absolute Gasteiger partial charge is 0.497 e. The van der Waals surface area contributed by atoms with Crippen LogP contribution in [0, 0.1) is 0 Å². The lowest BCUT2D eigenvalue weighted by atomic mass is 9.88. The molecule has 0 radical (unpaired) electrons. The van der Waals surface area contributed by atoms with Gasteiger partial charge < -0.3 is 9.72 Å². The maximum absolute atomic E-state index is 11.7. The molecule has 0 unspecified atom stereocenters. The van der Waals surface area contributed by atoms with E-state index < -0.39 is 0 Å². The molecule has 27 heavy (non-hydrogen) atoms. The van der Waals surface area contributed by atoms with Crippen LogP contribution in [0.2, 0.25) is 0 Å². The molecule has 0 spiro atoms. The highest BCUT2D eigenvalue weighted by Crippen LogP contribution is 2.36. The average molecular weight is 358 g/mol. The Hall–Kier alpha value is -3.41. The highest BCUT2D eigenvalue weighted by Gasteiger charge is 2.21. The van der Waals surface area contributed by atoms with Crippen LogP contribution in [0.5, 0.6) is 5.75 Å². The van der Waals surface area contributed by atoms with Crippen LogP contribution in [-0.2, 0) is 19.4 Å². The van der Waals surface area contributed by atoms with Gasteiger partial charge in [0.15, 0.2) is 5.65 Å². The Labute approximate surface area is 155 Å². The molecular formula is C21H18N4O2. The quantitative estimate of drug-likeness (QED) is 0.611. The van der Waals surface area contributed by atoms with Crippen LogP contribution >= 0.6 is 0 Å². The summed E-state index contributed by atoms with van der Waals surface area (Å²) in [6, 6.07) is 11.5. The predicted molar refractivity (Wildman–Crippen MR) is 103 cm³/mol. The van der Waals surface area contributed by atoms with E-state index in [9.17, 15) is 4.79 Å². The molecular weight excluding hydrogens is 340 g/mol. The van der Waals surface area contributed by atoms with Crippen molar-refractivity contribution in [2.24, 2.45) is 0 Å². The van der Waals surface area contributed by atoms with Crippen molar-refractivity contribution in [1.29, 1.82) is 0 Å². The first-order valence-electron chi connectivity index (χ1n) is 8.92. The van der Waals surface area contributed by atoms with E-state index in [0.717, 1.165) is 52.0 Å². The number of nitrogens with one attached hydrogen (secondary N) is 1. The van der Waals surface area contributed by atoms with E-state index in [4.69, 9.17) is 4.74 Å². The lowest BCUT2D eigenvalue weighted by molar-refractivity contribution is 0.414. The van der Waals surface area contributed by atoms with E-state index in [1.54, 1.807) is 13.2 Å². The Kier molecular flexibility index (Phi) is 3.57. The molecule has 0 aliphatic heterocycles. The van der Waals surface area contributed by atoms with Crippen molar-refractivity contribution in [1.82, 2.24) is 19.7 Å². The molecule has 0 atom stereocenters. The van der Waals surface area contributed by atoms with E-state index in [1.807, 2.05) is 47.4 Å². The van der Waals surface area contributed by atoms with Gasteiger partial charge in [0, 0.05) is 34.5 Å². The maximum Gasteiger partial charge on any atom is 0.248 e. The number of rotatable bonds is 3. The van der Waals surface area contributed by atoms with Gasteiger partial charge in [0.1, 0.15) is 5.75 Å². The number of benzene rings is 1.